The number of furan rings is 1. The van der Waals surface area contributed by atoms with Crippen molar-refractivity contribution in [1.29, 1.82) is 0 Å². The summed E-state index contributed by atoms with van der Waals surface area (Å²) in [7, 11) is 0. The zero-order valence-corrected chi connectivity index (χ0v) is 15.2. The van der Waals surface area contributed by atoms with Crippen LogP contribution in [0.3, 0.4) is 0 Å². The number of anilines is 1. The van der Waals surface area contributed by atoms with Crippen LogP contribution in [0, 0.1) is 18.7 Å². The predicted molar refractivity (Wildman–Crippen MR) is 95.5 cm³/mol. The smallest absolute Gasteiger partial charge is 0.329 e. The number of ether oxygens (including phenoxy) is 1. The van der Waals surface area contributed by atoms with E-state index in [1.807, 2.05) is 0 Å². The van der Waals surface area contributed by atoms with Crippen LogP contribution in [0.2, 0.25) is 0 Å². The lowest BCUT2D eigenvalue weighted by atomic mass is 10.0. The molecule has 0 bridgehead atoms. The van der Waals surface area contributed by atoms with Crippen molar-refractivity contribution in [3.8, 4) is 0 Å². The maximum absolute atomic E-state index is 13.5. The number of halogens is 1. The Morgan fingerprint density at radius 2 is 1.96 bits per heavy atom. The number of carbonyl (C=O) groups is 3. The zero-order chi connectivity index (χ0) is 20.0. The van der Waals surface area contributed by atoms with Gasteiger partial charge < -0.3 is 19.8 Å². The second-order valence-electron chi connectivity index (χ2n) is 6.29. The van der Waals surface area contributed by atoms with Crippen LogP contribution in [0.4, 0.5) is 10.1 Å². The van der Waals surface area contributed by atoms with Crippen LogP contribution in [-0.2, 0) is 14.3 Å². The molecule has 0 saturated heterocycles. The number of hydrogen-bond acceptors (Lipinski definition) is 5. The van der Waals surface area contributed by atoms with Crippen molar-refractivity contribution in [1.82, 2.24) is 5.32 Å². The Hall–Kier alpha value is -3.16. The first-order valence-electron chi connectivity index (χ1n) is 8.35. The molecular formula is C19H21FN2O5. The summed E-state index contributed by atoms with van der Waals surface area (Å²) in [5.74, 6) is -2.60. The number of nitrogens with one attached hydrogen (secondary N) is 2. The molecule has 2 rings (SSSR count). The van der Waals surface area contributed by atoms with Crippen molar-refractivity contribution in [2.75, 3.05) is 11.9 Å². The van der Waals surface area contributed by atoms with E-state index in [0.717, 1.165) is 0 Å². The third-order valence-electron chi connectivity index (χ3n) is 3.75. The maximum Gasteiger partial charge on any atom is 0.329 e. The molecule has 2 amide bonds. The van der Waals surface area contributed by atoms with E-state index >= 15 is 0 Å². The normalized spacial score (nSPS) is 11.7. The van der Waals surface area contributed by atoms with Crippen LogP contribution in [-0.4, -0.2) is 30.4 Å². The predicted octanol–water partition coefficient (Wildman–Crippen LogP) is 2.66. The highest BCUT2D eigenvalue weighted by Crippen LogP contribution is 2.13. The summed E-state index contributed by atoms with van der Waals surface area (Å²) in [4.78, 5) is 36.2. The van der Waals surface area contributed by atoms with Gasteiger partial charge in [0.05, 0.1) is 6.26 Å². The monoisotopic (exact) mass is 376 g/mol. The van der Waals surface area contributed by atoms with Crippen LogP contribution >= 0.6 is 0 Å². The van der Waals surface area contributed by atoms with E-state index in [-0.39, 0.29) is 17.4 Å². The molecule has 0 saturated carbocycles. The van der Waals surface area contributed by atoms with E-state index in [1.54, 1.807) is 32.9 Å². The Morgan fingerprint density at radius 1 is 1.22 bits per heavy atom. The molecule has 0 aliphatic carbocycles. The summed E-state index contributed by atoms with van der Waals surface area (Å²) >= 11 is 0. The molecular weight excluding hydrogens is 355 g/mol. The van der Waals surface area contributed by atoms with Gasteiger partial charge in [0.2, 0.25) is 0 Å². The van der Waals surface area contributed by atoms with Crippen molar-refractivity contribution < 1.29 is 27.9 Å². The lowest BCUT2D eigenvalue weighted by molar-refractivity contribution is -0.150. The third-order valence-corrected chi connectivity index (χ3v) is 3.75. The molecule has 0 aliphatic heterocycles. The molecule has 1 heterocycles. The standard InChI is InChI=1S/C19H21FN2O5/c1-11(2)17(22-18(24)15-5-4-8-26-15)19(25)27-10-16(23)21-13-7-6-12(3)14(20)9-13/h4-9,11,17H,10H2,1-3H3,(H,21,23)(H,22,24)/t17-/m0/s1. The molecule has 0 fully saturated rings. The fourth-order valence-corrected chi connectivity index (χ4v) is 2.21. The fourth-order valence-electron chi connectivity index (χ4n) is 2.21. The van der Waals surface area contributed by atoms with E-state index in [0.29, 0.717) is 5.56 Å². The molecule has 27 heavy (non-hydrogen) atoms. The topological polar surface area (TPSA) is 97.6 Å². The van der Waals surface area contributed by atoms with E-state index in [4.69, 9.17) is 9.15 Å². The van der Waals surface area contributed by atoms with Gasteiger partial charge in [0.25, 0.3) is 11.8 Å². The Morgan fingerprint density at radius 3 is 2.56 bits per heavy atom. The summed E-state index contributed by atoms with van der Waals surface area (Å²) in [6.07, 6.45) is 1.34. The molecule has 1 aromatic heterocycles. The lowest BCUT2D eigenvalue weighted by Crippen LogP contribution is -2.45. The second kappa shape index (κ2) is 8.98. The van der Waals surface area contributed by atoms with Gasteiger partial charge in [-0.05, 0) is 42.7 Å². The molecule has 0 spiro atoms. The maximum atomic E-state index is 13.5. The number of rotatable bonds is 7. The summed E-state index contributed by atoms with van der Waals surface area (Å²) in [6.45, 7) is 4.49. The summed E-state index contributed by atoms with van der Waals surface area (Å²) in [6, 6.07) is 6.30. The van der Waals surface area contributed by atoms with Gasteiger partial charge in [0.1, 0.15) is 11.9 Å². The third kappa shape index (κ3) is 5.67. The Bertz CT molecular complexity index is 818. The van der Waals surface area contributed by atoms with Gasteiger partial charge in [-0.3, -0.25) is 9.59 Å². The number of carbonyl (C=O) groups excluding carboxylic acids is 3. The lowest BCUT2D eigenvalue weighted by Gasteiger charge is -2.20. The number of aryl methyl sites for hydroxylation is 1. The molecule has 8 heteroatoms. The van der Waals surface area contributed by atoms with Gasteiger partial charge in [-0.1, -0.05) is 19.9 Å². The average Bonchev–Trinajstić information content (AvgIpc) is 3.15. The first-order valence-corrected chi connectivity index (χ1v) is 8.35. The minimum atomic E-state index is -0.952. The molecule has 1 atom stereocenters. The van der Waals surface area contributed by atoms with Crippen LogP contribution in [0.25, 0.3) is 0 Å². The van der Waals surface area contributed by atoms with Crippen molar-refractivity contribution in [2.24, 2.45) is 5.92 Å². The van der Waals surface area contributed by atoms with E-state index in [1.165, 1.54) is 24.5 Å². The number of esters is 1. The summed E-state index contributed by atoms with van der Waals surface area (Å²) < 4.78 is 23.5. The molecule has 0 unspecified atom stereocenters. The van der Waals surface area contributed by atoms with Gasteiger partial charge in [-0.25, -0.2) is 9.18 Å². The highest BCUT2D eigenvalue weighted by atomic mass is 19.1. The molecule has 0 radical (unpaired) electrons. The van der Waals surface area contributed by atoms with Crippen molar-refractivity contribution in [3.63, 3.8) is 0 Å². The van der Waals surface area contributed by atoms with Gasteiger partial charge >= 0.3 is 5.97 Å². The van der Waals surface area contributed by atoms with Gasteiger partial charge in [-0.2, -0.15) is 0 Å². The highest BCUT2D eigenvalue weighted by molar-refractivity contribution is 5.96. The average molecular weight is 376 g/mol. The first kappa shape index (κ1) is 20.2. The van der Waals surface area contributed by atoms with E-state index < -0.39 is 36.2 Å². The molecule has 1 aromatic carbocycles. The van der Waals surface area contributed by atoms with Crippen LogP contribution in [0.5, 0.6) is 0 Å². The van der Waals surface area contributed by atoms with Crippen LogP contribution < -0.4 is 10.6 Å². The van der Waals surface area contributed by atoms with Gasteiger partial charge in [0.15, 0.2) is 12.4 Å². The molecule has 144 valence electrons. The second-order valence-corrected chi connectivity index (χ2v) is 6.29. The first-order chi connectivity index (χ1) is 12.8. The fraction of sp³-hybridized carbons (Fsp3) is 0.316. The molecule has 0 aliphatic rings. The van der Waals surface area contributed by atoms with Crippen molar-refractivity contribution in [3.05, 3.63) is 53.7 Å². The summed E-state index contributed by atoms with van der Waals surface area (Å²) in [5, 5.41) is 4.96. The van der Waals surface area contributed by atoms with Crippen LogP contribution in [0.1, 0.15) is 30.0 Å². The largest absolute Gasteiger partial charge is 0.459 e. The number of hydrogen-bond donors (Lipinski definition) is 2. The quantitative estimate of drug-likeness (QED) is 0.724. The Balaban J connectivity index is 1.89. The van der Waals surface area contributed by atoms with Gasteiger partial charge in [0, 0.05) is 5.69 Å². The van der Waals surface area contributed by atoms with Crippen molar-refractivity contribution >= 4 is 23.5 Å². The molecule has 2 N–H and O–H groups in total. The van der Waals surface area contributed by atoms with Crippen LogP contribution in [0.15, 0.2) is 41.0 Å². The van der Waals surface area contributed by atoms with Crippen molar-refractivity contribution in [2.45, 2.75) is 26.8 Å². The molecule has 2 aromatic rings. The minimum absolute atomic E-state index is 0.0626. The highest BCUT2D eigenvalue weighted by Gasteiger charge is 2.27. The Labute approximate surface area is 155 Å². The summed E-state index contributed by atoms with van der Waals surface area (Å²) in [5.41, 5.74) is 0.706. The number of benzene rings is 1. The number of amides is 2. The van der Waals surface area contributed by atoms with Gasteiger partial charge in [-0.15, -0.1) is 0 Å². The minimum Gasteiger partial charge on any atom is -0.459 e. The SMILES string of the molecule is Cc1ccc(NC(=O)COC(=O)[C@@H](NC(=O)c2ccco2)C(C)C)cc1F. The zero-order valence-electron chi connectivity index (χ0n) is 15.2. The van der Waals surface area contributed by atoms with E-state index in [2.05, 4.69) is 10.6 Å². The Kier molecular flexibility index (Phi) is 6.70. The molecule has 7 nitrogen and oxygen atoms in total. The van der Waals surface area contributed by atoms with E-state index in [9.17, 15) is 18.8 Å².